The van der Waals surface area contributed by atoms with E-state index in [1.165, 1.54) is 25.9 Å². The molecule has 1 N–H and O–H groups in total. The Morgan fingerprint density at radius 1 is 0.880 bits per heavy atom. The minimum Gasteiger partial charge on any atom is -0.349 e. The Bertz CT molecular complexity index is 518. The highest BCUT2D eigenvalue weighted by atomic mass is 16.2. The van der Waals surface area contributed by atoms with Crippen LogP contribution < -0.4 is 5.32 Å². The summed E-state index contributed by atoms with van der Waals surface area (Å²) in [5.41, 5.74) is -0.0594. The third-order valence-electron chi connectivity index (χ3n) is 6.96. The summed E-state index contributed by atoms with van der Waals surface area (Å²) in [5.74, 6) is 0.901. The van der Waals surface area contributed by atoms with Gasteiger partial charge in [0.15, 0.2) is 0 Å². The Labute approximate surface area is 150 Å². The fourth-order valence-corrected chi connectivity index (χ4v) is 5.29. The molecule has 3 amide bonds. The normalized spacial score (nSPS) is 35.9. The highest BCUT2D eigenvalue weighted by Crippen LogP contribution is 2.35. The van der Waals surface area contributed by atoms with Crippen molar-refractivity contribution in [3.05, 3.63) is 0 Å². The molecule has 0 aliphatic carbocycles. The van der Waals surface area contributed by atoms with Gasteiger partial charge < -0.3 is 20.0 Å². The Morgan fingerprint density at radius 2 is 1.48 bits per heavy atom. The van der Waals surface area contributed by atoms with E-state index < -0.39 is 0 Å². The highest BCUT2D eigenvalue weighted by molar-refractivity contribution is 5.80. The van der Waals surface area contributed by atoms with Crippen molar-refractivity contribution in [2.24, 2.45) is 11.8 Å². The van der Waals surface area contributed by atoms with E-state index in [0.717, 1.165) is 58.4 Å². The molecule has 0 unspecified atom stereocenters. The standard InChI is InChI=1S/C19H32N4O2/c1-19(14-21-10-6-16(19)7-11-21)20-17(24)15-4-12-23(13-5-15)18(25)22-8-2-3-9-22/h15-16H,2-14H2,1H3,(H,20,24)/t19-/m0/s1. The van der Waals surface area contributed by atoms with Crippen LogP contribution in [0.3, 0.4) is 0 Å². The van der Waals surface area contributed by atoms with Crippen LogP contribution in [0.2, 0.25) is 0 Å². The maximum atomic E-state index is 12.8. The predicted molar refractivity (Wildman–Crippen MR) is 96.2 cm³/mol. The van der Waals surface area contributed by atoms with Crippen molar-refractivity contribution < 1.29 is 9.59 Å². The van der Waals surface area contributed by atoms with Crippen LogP contribution in [0.25, 0.3) is 0 Å². The van der Waals surface area contributed by atoms with E-state index >= 15 is 0 Å². The monoisotopic (exact) mass is 348 g/mol. The fourth-order valence-electron chi connectivity index (χ4n) is 5.29. The molecule has 0 aromatic carbocycles. The number of fused-ring (bicyclic) bond motifs is 3. The topological polar surface area (TPSA) is 55.9 Å². The summed E-state index contributed by atoms with van der Waals surface area (Å²) in [6.07, 6.45) is 6.27. The van der Waals surface area contributed by atoms with Crippen LogP contribution in [0.5, 0.6) is 0 Å². The van der Waals surface area contributed by atoms with Gasteiger partial charge in [-0.25, -0.2) is 4.79 Å². The largest absolute Gasteiger partial charge is 0.349 e. The Morgan fingerprint density at radius 3 is 2.04 bits per heavy atom. The second-order valence-electron chi connectivity index (χ2n) is 8.70. The van der Waals surface area contributed by atoms with Crippen LogP contribution in [0.4, 0.5) is 4.79 Å². The highest BCUT2D eigenvalue weighted by Gasteiger charge is 2.45. The van der Waals surface area contributed by atoms with Gasteiger partial charge in [0.25, 0.3) is 0 Å². The molecule has 0 aromatic rings. The van der Waals surface area contributed by atoms with E-state index in [1.54, 1.807) is 0 Å². The summed E-state index contributed by atoms with van der Waals surface area (Å²) in [5, 5.41) is 3.40. The molecule has 5 aliphatic rings. The van der Waals surface area contributed by atoms with E-state index in [0.29, 0.717) is 5.92 Å². The fraction of sp³-hybridized carbons (Fsp3) is 0.895. The number of nitrogens with one attached hydrogen (secondary N) is 1. The van der Waals surface area contributed by atoms with Crippen LogP contribution in [-0.2, 0) is 4.79 Å². The lowest BCUT2D eigenvalue weighted by Crippen LogP contribution is -2.66. The minimum atomic E-state index is -0.0594. The smallest absolute Gasteiger partial charge is 0.319 e. The average Bonchev–Trinajstić information content (AvgIpc) is 3.16. The van der Waals surface area contributed by atoms with Crippen molar-refractivity contribution in [2.45, 2.75) is 51.0 Å². The number of rotatable bonds is 2. The molecular weight excluding hydrogens is 316 g/mol. The summed E-state index contributed by atoms with van der Waals surface area (Å²) in [6, 6.07) is 0.181. The van der Waals surface area contributed by atoms with Gasteiger partial charge in [-0.3, -0.25) is 4.79 Å². The zero-order valence-electron chi connectivity index (χ0n) is 15.5. The summed E-state index contributed by atoms with van der Waals surface area (Å²) in [4.78, 5) is 31.7. The quantitative estimate of drug-likeness (QED) is 0.823. The molecular formula is C19H32N4O2. The van der Waals surface area contributed by atoms with Crippen molar-refractivity contribution in [1.29, 1.82) is 0 Å². The van der Waals surface area contributed by atoms with E-state index in [-0.39, 0.29) is 23.4 Å². The SMILES string of the molecule is C[C@]1(NC(=O)C2CCN(C(=O)N3CCCC3)CC2)CN2CCC1CC2. The number of carbonyl (C=O) groups is 2. The Balaban J connectivity index is 1.29. The Hall–Kier alpha value is -1.30. The first-order chi connectivity index (χ1) is 12.0. The van der Waals surface area contributed by atoms with Gasteiger partial charge in [0.05, 0.1) is 5.54 Å². The van der Waals surface area contributed by atoms with Crippen LogP contribution in [-0.4, -0.2) is 78.0 Å². The second kappa shape index (κ2) is 6.78. The lowest BCUT2D eigenvalue weighted by Gasteiger charge is -2.52. The second-order valence-corrected chi connectivity index (χ2v) is 8.70. The number of urea groups is 1. The van der Waals surface area contributed by atoms with Crippen LogP contribution >= 0.6 is 0 Å². The minimum absolute atomic E-state index is 0.0594. The van der Waals surface area contributed by atoms with E-state index in [1.807, 2.05) is 9.80 Å². The van der Waals surface area contributed by atoms with Gasteiger partial charge in [-0.15, -0.1) is 0 Å². The molecule has 0 radical (unpaired) electrons. The summed E-state index contributed by atoms with van der Waals surface area (Å²) < 4.78 is 0. The lowest BCUT2D eigenvalue weighted by atomic mass is 9.73. The maximum Gasteiger partial charge on any atom is 0.319 e. The van der Waals surface area contributed by atoms with Crippen molar-refractivity contribution in [2.75, 3.05) is 45.8 Å². The molecule has 5 heterocycles. The van der Waals surface area contributed by atoms with Crippen LogP contribution in [0.15, 0.2) is 0 Å². The van der Waals surface area contributed by atoms with Gasteiger partial charge in [-0.2, -0.15) is 0 Å². The number of hydrogen-bond donors (Lipinski definition) is 1. The first kappa shape index (κ1) is 17.1. The predicted octanol–water partition coefficient (Wildman–Crippen LogP) is 1.51. The van der Waals surface area contributed by atoms with Gasteiger partial charge >= 0.3 is 6.03 Å². The zero-order chi connectivity index (χ0) is 17.4. The van der Waals surface area contributed by atoms with Crippen molar-refractivity contribution >= 4 is 11.9 Å². The first-order valence-corrected chi connectivity index (χ1v) is 10.1. The van der Waals surface area contributed by atoms with Gasteiger partial charge in [-0.05, 0) is 64.5 Å². The van der Waals surface area contributed by atoms with Gasteiger partial charge in [0.2, 0.25) is 5.91 Å². The summed E-state index contributed by atoms with van der Waals surface area (Å²) in [7, 11) is 0. The lowest BCUT2D eigenvalue weighted by molar-refractivity contribution is -0.130. The molecule has 0 saturated carbocycles. The summed E-state index contributed by atoms with van der Waals surface area (Å²) in [6.45, 7) is 8.84. The number of carbonyl (C=O) groups excluding carboxylic acids is 2. The van der Waals surface area contributed by atoms with Gasteiger partial charge in [-0.1, -0.05) is 0 Å². The number of piperidine rings is 4. The molecule has 6 nitrogen and oxygen atoms in total. The molecule has 5 aliphatic heterocycles. The number of likely N-dealkylation sites (tertiary alicyclic amines) is 2. The number of nitrogens with zero attached hydrogens (tertiary/aromatic N) is 3. The van der Waals surface area contributed by atoms with Crippen molar-refractivity contribution in [3.8, 4) is 0 Å². The zero-order valence-corrected chi connectivity index (χ0v) is 15.5. The molecule has 1 atom stereocenters. The first-order valence-electron chi connectivity index (χ1n) is 10.1. The molecule has 0 aromatic heterocycles. The van der Waals surface area contributed by atoms with E-state index in [2.05, 4.69) is 17.1 Å². The molecule has 5 rings (SSSR count). The van der Waals surface area contributed by atoms with Gasteiger partial charge in [0, 0.05) is 38.6 Å². The molecule has 5 saturated heterocycles. The molecule has 0 spiro atoms. The van der Waals surface area contributed by atoms with Crippen molar-refractivity contribution in [3.63, 3.8) is 0 Å². The Kier molecular flexibility index (Phi) is 4.65. The third kappa shape index (κ3) is 3.37. The maximum absolute atomic E-state index is 12.8. The van der Waals surface area contributed by atoms with Crippen molar-refractivity contribution in [1.82, 2.24) is 20.0 Å². The molecule has 140 valence electrons. The number of amides is 3. The average molecular weight is 348 g/mol. The van der Waals surface area contributed by atoms with Crippen LogP contribution in [0.1, 0.15) is 45.4 Å². The molecule has 2 bridgehead atoms. The summed E-state index contributed by atoms with van der Waals surface area (Å²) >= 11 is 0. The molecule has 5 fully saturated rings. The van der Waals surface area contributed by atoms with Gasteiger partial charge in [0.1, 0.15) is 0 Å². The number of hydrogen-bond acceptors (Lipinski definition) is 3. The molecule has 6 heteroatoms. The molecule has 25 heavy (non-hydrogen) atoms. The third-order valence-corrected chi connectivity index (χ3v) is 6.96. The van der Waals surface area contributed by atoms with E-state index in [9.17, 15) is 9.59 Å². The van der Waals surface area contributed by atoms with E-state index in [4.69, 9.17) is 0 Å². The van der Waals surface area contributed by atoms with Crippen LogP contribution in [0, 0.1) is 11.8 Å².